The Balaban J connectivity index is 1.82. The second-order valence-electron chi connectivity index (χ2n) is 5.87. The molecule has 0 fully saturated rings. The van der Waals surface area contributed by atoms with Crippen LogP contribution in [0.4, 0.5) is 0 Å². The van der Waals surface area contributed by atoms with Gasteiger partial charge >= 0.3 is 11.9 Å². The fourth-order valence-corrected chi connectivity index (χ4v) is 2.51. The number of benzene rings is 1. The minimum Gasteiger partial charge on any atom is -0.477 e. The number of carbonyl (C=O) groups excluding carboxylic acids is 3. The molecule has 29 heavy (non-hydrogen) atoms. The van der Waals surface area contributed by atoms with Gasteiger partial charge in [-0.05, 0) is 17.7 Å². The Labute approximate surface area is 163 Å². The summed E-state index contributed by atoms with van der Waals surface area (Å²) in [6.45, 7) is 0.112. The number of esters is 1. The third kappa shape index (κ3) is 4.03. The van der Waals surface area contributed by atoms with Crippen molar-refractivity contribution < 1.29 is 29.0 Å². The number of methoxy groups -OCH3 is 1. The van der Waals surface area contributed by atoms with Crippen molar-refractivity contribution in [2.24, 2.45) is 5.73 Å². The molecule has 0 saturated carbocycles. The van der Waals surface area contributed by atoms with Crippen molar-refractivity contribution in [3.8, 4) is 0 Å². The molecule has 11 heteroatoms. The highest BCUT2D eigenvalue weighted by Gasteiger charge is 2.19. The highest BCUT2D eigenvalue weighted by Crippen LogP contribution is 2.11. The van der Waals surface area contributed by atoms with Gasteiger partial charge in [-0.25, -0.2) is 19.1 Å². The number of hydrogen-bond donors (Lipinski definition) is 3. The first kappa shape index (κ1) is 19.5. The fourth-order valence-electron chi connectivity index (χ4n) is 2.51. The second kappa shape index (κ2) is 7.76. The normalized spacial score (nSPS) is 10.5. The van der Waals surface area contributed by atoms with Gasteiger partial charge in [0.15, 0.2) is 17.0 Å². The lowest BCUT2D eigenvalue weighted by Gasteiger charge is -2.07. The number of carboxylic acid groups (broad SMARTS) is 1. The summed E-state index contributed by atoms with van der Waals surface area (Å²) < 4.78 is 5.53. The van der Waals surface area contributed by atoms with E-state index in [1.54, 1.807) is 24.3 Å². The molecule has 0 saturated heterocycles. The van der Waals surface area contributed by atoms with Crippen molar-refractivity contribution in [1.29, 1.82) is 0 Å². The number of rotatable bonds is 6. The van der Waals surface area contributed by atoms with Gasteiger partial charge < -0.3 is 20.9 Å². The largest absolute Gasteiger partial charge is 0.477 e. The smallest absolute Gasteiger partial charge is 0.354 e. The maximum Gasteiger partial charge on any atom is 0.354 e. The molecule has 3 aromatic rings. The van der Waals surface area contributed by atoms with Gasteiger partial charge in [0, 0.05) is 18.7 Å². The number of aromatic carboxylic acids is 1. The lowest BCUT2D eigenvalue weighted by atomic mass is 10.1. The van der Waals surface area contributed by atoms with Crippen LogP contribution in [0.25, 0.3) is 5.65 Å². The van der Waals surface area contributed by atoms with Gasteiger partial charge in [-0.3, -0.25) is 9.59 Å². The number of amides is 2. The molecule has 0 bridgehead atoms. The number of fused-ring (bicyclic) bond motifs is 1. The molecule has 0 radical (unpaired) electrons. The van der Waals surface area contributed by atoms with E-state index >= 15 is 0 Å². The molecule has 1 aromatic carbocycles. The van der Waals surface area contributed by atoms with Gasteiger partial charge in [0.1, 0.15) is 5.69 Å². The number of aromatic nitrogens is 3. The zero-order valence-electron chi connectivity index (χ0n) is 15.1. The zero-order chi connectivity index (χ0) is 21.1. The van der Waals surface area contributed by atoms with Crippen LogP contribution in [0.2, 0.25) is 0 Å². The predicted molar refractivity (Wildman–Crippen MR) is 97.4 cm³/mol. The minimum absolute atomic E-state index is 0.00807. The number of nitrogens with one attached hydrogen (secondary N) is 1. The van der Waals surface area contributed by atoms with E-state index in [9.17, 15) is 24.3 Å². The maximum absolute atomic E-state index is 12.4. The Bertz CT molecular complexity index is 1140. The van der Waals surface area contributed by atoms with Gasteiger partial charge in [0.2, 0.25) is 0 Å². The third-order valence-corrected chi connectivity index (χ3v) is 3.96. The van der Waals surface area contributed by atoms with Gasteiger partial charge in [-0.15, -0.1) is 0 Å². The molecule has 11 nitrogen and oxygen atoms in total. The fraction of sp³-hybridized carbons (Fsp3) is 0.111. The number of nitrogens with zero attached hydrogens (tertiary/aromatic N) is 3. The first-order valence-corrected chi connectivity index (χ1v) is 8.19. The molecule has 0 aliphatic heterocycles. The van der Waals surface area contributed by atoms with Crippen LogP contribution in [0.1, 0.15) is 47.4 Å². The molecule has 3 rings (SSSR count). The van der Waals surface area contributed by atoms with Crippen LogP contribution < -0.4 is 11.1 Å². The Kier molecular flexibility index (Phi) is 5.21. The number of ether oxygens (including phenoxy) is 1. The van der Waals surface area contributed by atoms with Crippen LogP contribution in [-0.2, 0) is 11.3 Å². The number of nitrogens with two attached hydrogens (primary N) is 1. The number of carbonyl (C=O) groups is 4. The lowest BCUT2D eigenvalue weighted by molar-refractivity contribution is 0.0599. The van der Waals surface area contributed by atoms with E-state index < -0.39 is 23.8 Å². The molecule has 4 N–H and O–H groups in total. The number of hydrogen-bond acceptors (Lipinski definition) is 7. The molecule has 0 aliphatic rings. The van der Waals surface area contributed by atoms with E-state index in [0.717, 1.165) is 10.6 Å². The van der Waals surface area contributed by atoms with E-state index in [1.165, 1.54) is 13.2 Å². The summed E-state index contributed by atoms with van der Waals surface area (Å²) in [5.74, 6) is -3.32. The minimum atomic E-state index is -1.36. The van der Waals surface area contributed by atoms with E-state index in [4.69, 9.17) is 5.73 Å². The van der Waals surface area contributed by atoms with Crippen LogP contribution in [0.15, 0.2) is 36.4 Å². The Hall–Kier alpha value is -4.28. The quantitative estimate of drug-likeness (QED) is 0.497. The SMILES string of the molecule is COC(=O)c1ccc(CNC(=O)c2cc(C(=O)O)n3nc(C(N)=O)cc3n2)cc1. The molecule has 2 aromatic heterocycles. The molecule has 148 valence electrons. The summed E-state index contributed by atoms with van der Waals surface area (Å²) in [5, 5.41) is 15.8. The standard InChI is InChI=1S/C18H15N5O6/c1-29-18(28)10-4-2-9(3-5-10)8-20-16(25)12-6-13(17(26)27)23-14(21-12)7-11(22-23)15(19)24/h2-7H,8H2,1H3,(H2,19,24)(H,20,25)(H,26,27). The third-order valence-electron chi connectivity index (χ3n) is 3.96. The van der Waals surface area contributed by atoms with Crippen LogP contribution in [-0.4, -0.2) is 50.6 Å². The van der Waals surface area contributed by atoms with Gasteiger partial charge in [-0.1, -0.05) is 12.1 Å². The lowest BCUT2D eigenvalue weighted by Crippen LogP contribution is -2.25. The van der Waals surface area contributed by atoms with Crippen LogP contribution >= 0.6 is 0 Å². The van der Waals surface area contributed by atoms with Crippen LogP contribution in [0.5, 0.6) is 0 Å². The summed E-state index contributed by atoms with van der Waals surface area (Å²) in [5.41, 5.74) is 5.51. The molecule has 0 atom stereocenters. The summed E-state index contributed by atoms with van der Waals surface area (Å²) in [4.78, 5) is 50.7. The van der Waals surface area contributed by atoms with Crippen molar-refractivity contribution in [3.63, 3.8) is 0 Å². The Morgan fingerprint density at radius 3 is 2.41 bits per heavy atom. The maximum atomic E-state index is 12.4. The number of primary amides is 1. The topological polar surface area (TPSA) is 166 Å². The molecule has 2 amide bonds. The molecule has 2 heterocycles. The molecular weight excluding hydrogens is 382 g/mol. The van der Waals surface area contributed by atoms with E-state index in [2.05, 4.69) is 20.1 Å². The predicted octanol–water partition coefficient (Wildman–Crippen LogP) is 0.243. The average molecular weight is 397 g/mol. The number of carboxylic acids is 1. The van der Waals surface area contributed by atoms with Crippen molar-refractivity contribution in [3.05, 3.63) is 64.6 Å². The van der Waals surface area contributed by atoms with Crippen molar-refractivity contribution in [1.82, 2.24) is 19.9 Å². The summed E-state index contributed by atoms with van der Waals surface area (Å²) in [6, 6.07) is 8.62. The van der Waals surface area contributed by atoms with Gasteiger partial charge in [-0.2, -0.15) is 5.10 Å². The Morgan fingerprint density at radius 1 is 1.14 bits per heavy atom. The monoisotopic (exact) mass is 397 g/mol. The van der Waals surface area contributed by atoms with Crippen molar-refractivity contribution >= 4 is 29.4 Å². The summed E-state index contributed by atoms with van der Waals surface area (Å²) in [6.07, 6.45) is 0. The van der Waals surface area contributed by atoms with Gasteiger partial charge in [0.25, 0.3) is 11.8 Å². The van der Waals surface area contributed by atoms with E-state index in [0.29, 0.717) is 11.1 Å². The van der Waals surface area contributed by atoms with E-state index in [1.807, 2.05) is 0 Å². The Morgan fingerprint density at radius 2 is 1.83 bits per heavy atom. The van der Waals surface area contributed by atoms with E-state index in [-0.39, 0.29) is 29.3 Å². The van der Waals surface area contributed by atoms with Crippen molar-refractivity contribution in [2.75, 3.05) is 7.11 Å². The second-order valence-corrected chi connectivity index (χ2v) is 5.87. The molecule has 0 aliphatic carbocycles. The van der Waals surface area contributed by atoms with Crippen molar-refractivity contribution in [2.45, 2.75) is 6.54 Å². The zero-order valence-corrected chi connectivity index (χ0v) is 15.1. The van der Waals surface area contributed by atoms with Crippen LogP contribution in [0.3, 0.4) is 0 Å². The average Bonchev–Trinajstić information content (AvgIpc) is 3.15. The van der Waals surface area contributed by atoms with Gasteiger partial charge in [0.05, 0.1) is 12.7 Å². The molecule has 0 spiro atoms. The first-order valence-electron chi connectivity index (χ1n) is 8.19. The first-order chi connectivity index (χ1) is 13.8. The summed E-state index contributed by atoms with van der Waals surface area (Å²) in [7, 11) is 1.28. The molecule has 0 unspecified atom stereocenters. The van der Waals surface area contributed by atoms with Crippen LogP contribution in [0, 0.1) is 0 Å². The molecular formula is C18H15N5O6. The highest BCUT2D eigenvalue weighted by atomic mass is 16.5. The summed E-state index contributed by atoms with van der Waals surface area (Å²) >= 11 is 0. The highest BCUT2D eigenvalue weighted by molar-refractivity contribution is 5.97.